The maximum absolute atomic E-state index is 13.4. The van der Waals surface area contributed by atoms with Crippen LogP contribution in [0.3, 0.4) is 0 Å². The van der Waals surface area contributed by atoms with Crippen LogP contribution < -0.4 is 21.3 Å². The van der Waals surface area contributed by atoms with Gasteiger partial charge < -0.3 is 26.2 Å². The minimum atomic E-state index is -0.219. The van der Waals surface area contributed by atoms with E-state index >= 15 is 0 Å². The van der Waals surface area contributed by atoms with E-state index in [0.29, 0.717) is 43.0 Å². The molecule has 2 saturated carbocycles. The topological polar surface area (TPSA) is 108 Å². The van der Waals surface area contributed by atoms with E-state index in [-0.39, 0.29) is 41.1 Å². The largest absolute Gasteiger partial charge is 0.366 e. The third kappa shape index (κ3) is 6.66. The number of nitrogens with zero attached hydrogens (tertiary/aromatic N) is 2. The van der Waals surface area contributed by atoms with Crippen molar-refractivity contribution in [1.29, 1.82) is 0 Å². The van der Waals surface area contributed by atoms with Gasteiger partial charge in [0, 0.05) is 55.3 Å². The molecule has 2 aliphatic carbocycles. The summed E-state index contributed by atoms with van der Waals surface area (Å²) in [6.07, 6.45) is 5.58. The van der Waals surface area contributed by atoms with Crippen LogP contribution in [0.25, 0.3) is 0 Å². The quantitative estimate of drug-likeness (QED) is 0.502. The normalized spacial score (nSPS) is 21.6. The molecule has 0 bridgehead atoms. The van der Waals surface area contributed by atoms with Crippen molar-refractivity contribution in [2.75, 3.05) is 36.4 Å². The van der Waals surface area contributed by atoms with Crippen LogP contribution in [0.1, 0.15) is 85.6 Å². The standard InChI is InChI=1S/C32H43N5O3/c1-32(2,3)24-9-6-21(7-10-24)29(38)35-27-20-23(30(39)34-26-13-11-25(33)12-14-26)8-15-28(27)36-16-18-37(19-17-36)31(40)22-4-5-22/h6-10,15,20,22,25-26H,4-5,11-14,16-19,33H2,1-3H3,(H,34,39)(H,35,38). The number of amides is 3. The first-order valence-electron chi connectivity index (χ1n) is 14.7. The summed E-state index contributed by atoms with van der Waals surface area (Å²) in [4.78, 5) is 43.3. The molecule has 0 unspecified atom stereocenters. The fourth-order valence-electron chi connectivity index (χ4n) is 5.66. The average Bonchev–Trinajstić information content (AvgIpc) is 3.79. The number of hydrogen-bond acceptors (Lipinski definition) is 5. The number of rotatable bonds is 6. The van der Waals surface area contributed by atoms with Gasteiger partial charge in [0.05, 0.1) is 11.4 Å². The summed E-state index contributed by atoms with van der Waals surface area (Å²) in [5.74, 6) is 0.117. The lowest BCUT2D eigenvalue weighted by molar-refractivity contribution is -0.132. The van der Waals surface area contributed by atoms with Crippen LogP contribution in [0.15, 0.2) is 42.5 Å². The molecule has 214 valence electrons. The summed E-state index contributed by atoms with van der Waals surface area (Å²) in [5, 5.41) is 6.25. The van der Waals surface area contributed by atoms with Crippen LogP contribution in [-0.4, -0.2) is 60.9 Å². The molecule has 0 atom stereocenters. The molecule has 5 rings (SSSR count). The van der Waals surface area contributed by atoms with Gasteiger partial charge in [-0.2, -0.15) is 0 Å². The zero-order valence-corrected chi connectivity index (χ0v) is 24.0. The molecule has 2 aromatic carbocycles. The lowest BCUT2D eigenvalue weighted by Crippen LogP contribution is -2.49. The number of nitrogens with one attached hydrogen (secondary N) is 2. The molecule has 4 N–H and O–H groups in total. The molecule has 8 nitrogen and oxygen atoms in total. The van der Waals surface area contributed by atoms with Crippen LogP contribution in [0.4, 0.5) is 11.4 Å². The number of hydrogen-bond donors (Lipinski definition) is 3. The van der Waals surface area contributed by atoms with Gasteiger partial charge in [0.25, 0.3) is 11.8 Å². The Balaban J connectivity index is 1.34. The maximum atomic E-state index is 13.4. The molecule has 8 heteroatoms. The van der Waals surface area contributed by atoms with Gasteiger partial charge in [-0.3, -0.25) is 14.4 Å². The minimum Gasteiger partial charge on any atom is -0.366 e. The second-order valence-electron chi connectivity index (χ2n) is 12.7. The summed E-state index contributed by atoms with van der Waals surface area (Å²) in [6, 6.07) is 13.5. The fourth-order valence-corrected chi connectivity index (χ4v) is 5.66. The Bertz CT molecular complexity index is 1230. The number of nitrogens with two attached hydrogens (primary N) is 1. The third-order valence-electron chi connectivity index (χ3n) is 8.49. The molecule has 3 amide bonds. The highest BCUT2D eigenvalue weighted by molar-refractivity contribution is 6.07. The number of anilines is 2. The van der Waals surface area contributed by atoms with Gasteiger partial charge in [-0.15, -0.1) is 0 Å². The van der Waals surface area contributed by atoms with Crippen molar-refractivity contribution in [2.24, 2.45) is 11.7 Å². The lowest BCUT2D eigenvalue weighted by atomic mass is 9.86. The maximum Gasteiger partial charge on any atom is 0.255 e. The van der Waals surface area contributed by atoms with Crippen LogP contribution in [0, 0.1) is 5.92 Å². The highest BCUT2D eigenvalue weighted by atomic mass is 16.2. The molecule has 1 saturated heterocycles. The van der Waals surface area contributed by atoms with E-state index in [0.717, 1.165) is 49.8 Å². The fraction of sp³-hybridized carbons (Fsp3) is 0.531. The molecule has 3 fully saturated rings. The zero-order valence-electron chi connectivity index (χ0n) is 24.0. The van der Waals surface area contributed by atoms with Crippen molar-refractivity contribution in [2.45, 2.75) is 76.8 Å². The third-order valence-corrected chi connectivity index (χ3v) is 8.49. The number of carbonyl (C=O) groups excluding carboxylic acids is 3. The first kappa shape index (κ1) is 28.1. The van der Waals surface area contributed by atoms with Crippen LogP contribution in [0.5, 0.6) is 0 Å². The molecule has 1 heterocycles. The molecule has 40 heavy (non-hydrogen) atoms. The Hall–Kier alpha value is -3.39. The molecule has 3 aliphatic rings. The molecular weight excluding hydrogens is 502 g/mol. The first-order valence-corrected chi connectivity index (χ1v) is 14.7. The Labute approximate surface area is 237 Å². The van der Waals surface area contributed by atoms with Crippen LogP contribution in [0.2, 0.25) is 0 Å². The molecule has 1 aliphatic heterocycles. The van der Waals surface area contributed by atoms with Crippen molar-refractivity contribution < 1.29 is 14.4 Å². The number of piperazine rings is 1. The smallest absolute Gasteiger partial charge is 0.255 e. The van der Waals surface area contributed by atoms with E-state index in [4.69, 9.17) is 5.73 Å². The van der Waals surface area contributed by atoms with E-state index in [9.17, 15) is 14.4 Å². The van der Waals surface area contributed by atoms with E-state index in [1.807, 2.05) is 41.3 Å². The Kier molecular flexibility index (Phi) is 8.17. The van der Waals surface area contributed by atoms with Gasteiger partial charge in [-0.1, -0.05) is 32.9 Å². The second kappa shape index (κ2) is 11.6. The summed E-state index contributed by atoms with van der Waals surface area (Å²) in [6.45, 7) is 9.09. The minimum absolute atomic E-state index is 0.00367. The number of benzene rings is 2. The highest BCUT2D eigenvalue weighted by Crippen LogP contribution is 2.33. The van der Waals surface area contributed by atoms with Gasteiger partial charge in [0.2, 0.25) is 5.91 Å². The van der Waals surface area contributed by atoms with E-state index in [2.05, 4.69) is 36.3 Å². The number of carbonyl (C=O) groups is 3. The van der Waals surface area contributed by atoms with Gasteiger partial charge in [-0.05, 0) is 79.8 Å². The SMILES string of the molecule is CC(C)(C)c1ccc(C(=O)Nc2cc(C(=O)NC3CCC(N)CC3)ccc2N2CCN(C(=O)C3CC3)CC2)cc1. The molecule has 0 aromatic heterocycles. The predicted octanol–water partition coefficient (Wildman–Crippen LogP) is 4.29. The molecule has 0 radical (unpaired) electrons. The lowest BCUT2D eigenvalue weighted by Gasteiger charge is -2.37. The molecule has 0 spiro atoms. The van der Waals surface area contributed by atoms with Crippen molar-refractivity contribution in [3.8, 4) is 0 Å². The summed E-state index contributed by atoms with van der Waals surface area (Å²) in [5.41, 5.74) is 9.73. The van der Waals surface area contributed by atoms with E-state index < -0.39 is 0 Å². The first-order chi connectivity index (χ1) is 19.1. The second-order valence-corrected chi connectivity index (χ2v) is 12.7. The Morgan fingerprint density at radius 3 is 2.02 bits per heavy atom. The average molecular weight is 546 g/mol. The van der Waals surface area contributed by atoms with Gasteiger partial charge in [-0.25, -0.2) is 0 Å². The van der Waals surface area contributed by atoms with Crippen molar-refractivity contribution in [3.63, 3.8) is 0 Å². The van der Waals surface area contributed by atoms with Gasteiger partial charge in [0.15, 0.2) is 0 Å². The van der Waals surface area contributed by atoms with E-state index in [1.165, 1.54) is 0 Å². The Morgan fingerprint density at radius 2 is 1.43 bits per heavy atom. The van der Waals surface area contributed by atoms with Gasteiger partial charge >= 0.3 is 0 Å². The Morgan fingerprint density at radius 1 is 0.800 bits per heavy atom. The zero-order chi connectivity index (χ0) is 28.4. The van der Waals surface area contributed by atoms with Crippen molar-refractivity contribution >= 4 is 29.1 Å². The van der Waals surface area contributed by atoms with Gasteiger partial charge in [0.1, 0.15) is 0 Å². The van der Waals surface area contributed by atoms with E-state index in [1.54, 1.807) is 6.07 Å². The van der Waals surface area contributed by atoms with Crippen LogP contribution >= 0.6 is 0 Å². The monoisotopic (exact) mass is 545 g/mol. The van der Waals surface area contributed by atoms with Crippen LogP contribution in [-0.2, 0) is 10.2 Å². The van der Waals surface area contributed by atoms with Crippen molar-refractivity contribution in [1.82, 2.24) is 10.2 Å². The summed E-state index contributed by atoms with van der Waals surface area (Å²) < 4.78 is 0. The molecular formula is C32H43N5O3. The predicted molar refractivity (Wildman–Crippen MR) is 159 cm³/mol. The summed E-state index contributed by atoms with van der Waals surface area (Å²) >= 11 is 0. The van der Waals surface area contributed by atoms with Crippen molar-refractivity contribution in [3.05, 3.63) is 59.2 Å². The highest BCUT2D eigenvalue weighted by Gasteiger charge is 2.35. The summed E-state index contributed by atoms with van der Waals surface area (Å²) in [7, 11) is 0. The molecule has 2 aromatic rings.